The van der Waals surface area contributed by atoms with Crippen molar-refractivity contribution in [1.29, 1.82) is 0 Å². The minimum atomic E-state index is -4.00. The van der Waals surface area contributed by atoms with Crippen molar-refractivity contribution in [1.82, 2.24) is 9.79 Å². The average molecular weight is 481 g/mol. The second-order valence-electron chi connectivity index (χ2n) is 8.31. The number of rotatable bonds is 8. The third-order valence-corrected chi connectivity index (χ3v) is 7.98. The highest BCUT2D eigenvalue weighted by molar-refractivity contribution is 7.89. The quantitative estimate of drug-likeness (QED) is 0.377. The summed E-state index contributed by atoms with van der Waals surface area (Å²) < 4.78 is 34.6. The van der Waals surface area contributed by atoms with Crippen LogP contribution in [0.2, 0.25) is 0 Å². The van der Waals surface area contributed by atoms with Crippen LogP contribution in [0.1, 0.15) is 36.0 Å². The summed E-state index contributed by atoms with van der Waals surface area (Å²) in [6.45, 7) is 0.583. The van der Waals surface area contributed by atoms with E-state index >= 15 is 0 Å². The van der Waals surface area contributed by atoms with Gasteiger partial charge in [-0.25, -0.2) is 13.9 Å². The Labute approximate surface area is 200 Å². The first-order chi connectivity index (χ1) is 16.5. The summed E-state index contributed by atoms with van der Waals surface area (Å²) in [7, 11) is -4.00. The third kappa shape index (κ3) is 5.47. The lowest BCUT2D eigenvalue weighted by atomic mass is 10.0. The highest BCUT2D eigenvalue weighted by atomic mass is 32.2. The molecule has 1 aliphatic heterocycles. The van der Waals surface area contributed by atoms with Gasteiger partial charge in [0.1, 0.15) is 18.4 Å². The number of benzene rings is 3. The minimum absolute atomic E-state index is 0.140. The molecule has 3 aromatic rings. The van der Waals surface area contributed by atoms with Crippen LogP contribution in [0.5, 0.6) is 5.75 Å². The molecular weight excluding hydrogens is 452 g/mol. The number of hydrogen-bond donors (Lipinski definition) is 2. The lowest BCUT2D eigenvalue weighted by Gasteiger charge is -2.33. The Bertz CT molecular complexity index is 1220. The van der Waals surface area contributed by atoms with Crippen molar-refractivity contribution in [3.8, 4) is 5.75 Å². The lowest BCUT2D eigenvalue weighted by Crippen LogP contribution is -2.51. The molecule has 0 spiro atoms. The van der Waals surface area contributed by atoms with Crippen LogP contribution in [0.15, 0.2) is 83.8 Å². The maximum atomic E-state index is 13.7. The van der Waals surface area contributed by atoms with Crippen molar-refractivity contribution in [3.05, 3.63) is 95.6 Å². The summed E-state index contributed by atoms with van der Waals surface area (Å²) in [6.07, 6.45) is 2.12. The highest BCUT2D eigenvalue weighted by Gasteiger charge is 2.38. The van der Waals surface area contributed by atoms with E-state index in [1.54, 1.807) is 23.7 Å². The van der Waals surface area contributed by atoms with Gasteiger partial charge in [0.2, 0.25) is 10.0 Å². The van der Waals surface area contributed by atoms with Gasteiger partial charge in [-0.3, -0.25) is 10.0 Å². The molecule has 178 valence electrons. The molecule has 0 radical (unpaired) electrons. The van der Waals surface area contributed by atoms with Gasteiger partial charge in [-0.05, 0) is 54.2 Å². The first-order valence-corrected chi connectivity index (χ1v) is 12.7. The number of hydroxylamine groups is 1. The largest absolute Gasteiger partial charge is 0.489 e. The smallest absolute Gasteiger partial charge is 0.261 e. The van der Waals surface area contributed by atoms with Gasteiger partial charge < -0.3 is 4.74 Å². The predicted molar refractivity (Wildman–Crippen MR) is 128 cm³/mol. The van der Waals surface area contributed by atoms with Crippen molar-refractivity contribution in [2.24, 2.45) is 0 Å². The van der Waals surface area contributed by atoms with Crippen molar-refractivity contribution in [2.45, 2.75) is 43.2 Å². The van der Waals surface area contributed by atoms with Crippen LogP contribution in [0.25, 0.3) is 0 Å². The average Bonchev–Trinajstić information content (AvgIpc) is 2.88. The molecule has 1 fully saturated rings. The molecule has 1 aliphatic rings. The SMILES string of the molecule is O=C(NO)C1CCCCN1S(=O)(=O)c1ccc(OCc2ccccc2)cc1Cc1ccccc1. The van der Waals surface area contributed by atoms with Crippen LogP contribution in [-0.2, 0) is 27.8 Å². The van der Waals surface area contributed by atoms with E-state index in [2.05, 4.69) is 0 Å². The third-order valence-electron chi connectivity index (χ3n) is 5.97. The Kier molecular flexibility index (Phi) is 7.62. The second-order valence-corrected chi connectivity index (χ2v) is 10.2. The van der Waals surface area contributed by atoms with Crippen LogP contribution in [0.4, 0.5) is 0 Å². The van der Waals surface area contributed by atoms with E-state index in [4.69, 9.17) is 9.94 Å². The van der Waals surface area contributed by atoms with E-state index in [1.807, 2.05) is 60.7 Å². The van der Waals surface area contributed by atoms with E-state index in [9.17, 15) is 13.2 Å². The second kappa shape index (κ2) is 10.8. The van der Waals surface area contributed by atoms with Gasteiger partial charge in [-0.1, -0.05) is 67.1 Å². The number of piperidine rings is 1. The number of nitrogens with one attached hydrogen (secondary N) is 1. The Morgan fingerprint density at radius 3 is 2.32 bits per heavy atom. The summed E-state index contributed by atoms with van der Waals surface area (Å²) in [4.78, 5) is 12.4. The van der Waals surface area contributed by atoms with Crippen LogP contribution >= 0.6 is 0 Å². The molecule has 1 amide bonds. The van der Waals surface area contributed by atoms with E-state index < -0.39 is 22.0 Å². The van der Waals surface area contributed by atoms with Gasteiger partial charge in [-0.2, -0.15) is 4.31 Å². The molecule has 0 aliphatic carbocycles. The number of sulfonamides is 1. The lowest BCUT2D eigenvalue weighted by molar-refractivity contribution is -0.134. The standard InChI is InChI=1S/C26H28N2O5S/c29-26(27-30)24-13-7-8-16-28(24)34(31,32)25-15-14-23(33-19-21-11-5-2-6-12-21)18-22(25)17-20-9-3-1-4-10-20/h1-6,9-12,14-15,18,24,30H,7-8,13,16-17,19H2,(H,27,29). The predicted octanol–water partition coefficient (Wildman–Crippen LogP) is 3.91. The molecule has 7 nitrogen and oxygen atoms in total. The maximum absolute atomic E-state index is 13.7. The number of nitrogens with zero attached hydrogens (tertiary/aromatic N) is 1. The van der Waals surface area contributed by atoms with Crippen LogP contribution < -0.4 is 10.2 Å². The molecule has 3 aromatic carbocycles. The molecule has 34 heavy (non-hydrogen) atoms. The Balaban J connectivity index is 1.69. The normalized spacial score (nSPS) is 16.7. The summed E-state index contributed by atoms with van der Waals surface area (Å²) in [5, 5.41) is 9.14. The van der Waals surface area contributed by atoms with E-state index in [0.717, 1.165) is 11.1 Å². The van der Waals surface area contributed by atoms with Crippen molar-refractivity contribution >= 4 is 15.9 Å². The Hall–Kier alpha value is -3.20. The van der Waals surface area contributed by atoms with Gasteiger partial charge in [0.15, 0.2) is 0 Å². The van der Waals surface area contributed by atoms with E-state index in [1.165, 1.54) is 4.31 Å². The van der Waals surface area contributed by atoms with Crippen LogP contribution in [0, 0.1) is 0 Å². The molecule has 1 unspecified atom stereocenters. The van der Waals surface area contributed by atoms with E-state index in [0.29, 0.717) is 43.6 Å². The fraction of sp³-hybridized carbons (Fsp3) is 0.269. The Morgan fingerprint density at radius 2 is 1.65 bits per heavy atom. The number of hydrogen-bond acceptors (Lipinski definition) is 5. The number of carbonyl (C=O) groups excluding carboxylic acids is 1. The fourth-order valence-corrected chi connectivity index (χ4v) is 6.11. The monoisotopic (exact) mass is 480 g/mol. The zero-order valence-corrected chi connectivity index (χ0v) is 19.6. The van der Waals surface area contributed by atoms with Crippen molar-refractivity contribution < 1.29 is 23.2 Å². The molecular formula is C26H28N2O5S. The summed E-state index contributed by atoms with van der Waals surface area (Å²) in [6, 6.07) is 23.4. The van der Waals surface area contributed by atoms with Gasteiger partial charge >= 0.3 is 0 Å². The molecule has 1 atom stereocenters. The first kappa shape index (κ1) is 23.9. The topological polar surface area (TPSA) is 95.9 Å². The summed E-state index contributed by atoms with van der Waals surface area (Å²) in [5.41, 5.74) is 4.18. The molecule has 8 heteroatoms. The van der Waals surface area contributed by atoms with E-state index in [-0.39, 0.29) is 11.4 Å². The fourth-order valence-electron chi connectivity index (χ4n) is 4.25. The summed E-state index contributed by atoms with van der Waals surface area (Å²) in [5.74, 6) is -0.146. The van der Waals surface area contributed by atoms with Gasteiger partial charge in [-0.15, -0.1) is 0 Å². The van der Waals surface area contributed by atoms with Crippen molar-refractivity contribution in [3.63, 3.8) is 0 Å². The van der Waals surface area contributed by atoms with Crippen molar-refractivity contribution in [2.75, 3.05) is 6.54 Å². The zero-order chi connectivity index (χ0) is 24.0. The highest BCUT2D eigenvalue weighted by Crippen LogP contribution is 2.31. The molecule has 0 bridgehead atoms. The van der Waals surface area contributed by atoms with Gasteiger partial charge in [0.25, 0.3) is 5.91 Å². The number of amides is 1. The maximum Gasteiger partial charge on any atom is 0.261 e. The summed E-state index contributed by atoms with van der Waals surface area (Å²) >= 11 is 0. The molecule has 4 rings (SSSR count). The molecule has 0 saturated carbocycles. The van der Waals surface area contributed by atoms with Crippen LogP contribution in [-0.4, -0.2) is 36.4 Å². The molecule has 1 heterocycles. The van der Waals surface area contributed by atoms with Crippen LogP contribution in [0.3, 0.4) is 0 Å². The molecule has 0 aromatic heterocycles. The molecule has 1 saturated heterocycles. The van der Waals surface area contributed by atoms with Gasteiger partial charge in [0.05, 0.1) is 4.90 Å². The zero-order valence-electron chi connectivity index (χ0n) is 18.8. The molecule has 2 N–H and O–H groups in total. The Morgan fingerprint density at radius 1 is 0.971 bits per heavy atom. The number of ether oxygens (including phenoxy) is 1. The van der Waals surface area contributed by atoms with Gasteiger partial charge in [0, 0.05) is 6.54 Å². The minimum Gasteiger partial charge on any atom is -0.489 e. The number of carbonyl (C=O) groups is 1. The first-order valence-electron chi connectivity index (χ1n) is 11.3.